The Labute approximate surface area is 183 Å². The molecule has 3 saturated heterocycles. The smallest absolute Gasteiger partial charge is 0.255 e. The zero-order chi connectivity index (χ0) is 21.3. The minimum Gasteiger partial charge on any atom is -0.425 e. The van der Waals surface area contributed by atoms with Gasteiger partial charge in [0.1, 0.15) is 0 Å². The maximum absolute atomic E-state index is 12.9. The summed E-state index contributed by atoms with van der Waals surface area (Å²) >= 11 is 0. The zero-order valence-electron chi connectivity index (χ0n) is 18.2. The van der Waals surface area contributed by atoms with E-state index in [9.17, 15) is 4.79 Å². The van der Waals surface area contributed by atoms with Gasteiger partial charge in [0.2, 0.25) is 11.8 Å². The first-order valence-corrected chi connectivity index (χ1v) is 11.4. The van der Waals surface area contributed by atoms with Crippen LogP contribution in [0.25, 0.3) is 0 Å². The molecule has 2 aromatic rings. The first-order valence-electron chi connectivity index (χ1n) is 11.4. The molecule has 1 atom stereocenters. The molecule has 5 heterocycles. The lowest BCUT2D eigenvalue weighted by atomic mass is 9.70. The van der Waals surface area contributed by atoms with Crippen molar-refractivity contribution in [1.29, 1.82) is 0 Å². The summed E-state index contributed by atoms with van der Waals surface area (Å²) in [5, 5.41) is 8.52. The van der Waals surface area contributed by atoms with Gasteiger partial charge in [-0.3, -0.25) is 9.78 Å². The third-order valence-corrected chi connectivity index (χ3v) is 7.37. The Morgan fingerprint density at radius 3 is 2.71 bits per heavy atom. The summed E-state index contributed by atoms with van der Waals surface area (Å²) in [6.07, 6.45) is 7.54. The summed E-state index contributed by atoms with van der Waals surface area (Å²) < 4.78 is 11.5. The maximum atomic E-state index is 12.9. The van der Waals surface area contributed by atoms with Gasteiger partial charge in [0, 0.05) is 65.3 Å². The summed E-state index contributed by atoms with van der Waals surface area (Å²) in [6, 6.07) is 3.66. The number of hydrogen-bond acceptors (Lipinski definition) is 7. The minimum absolute atomic E-state index is 0.0743. The highest BCUT2D eigenvalue weighted by atomic mass is 16.5. The molecule has 8 heteroatoms. The van der Waals surface area contributed by atoms with Crippen molar-refractivity contribution >= 4 is 5.91 Å². The number of ether oxygens (including phenoxy) is 1. The number of aromatic nitrogens is 3. The third-order valence-electron chi connectivity index (χ3n) is 7.37. The quantitative estimate of drug-likeness (QED) is 0.744. The number of aryl methyl sites for hydroxylation is 1. The Morgan fingerprint density at radius 1 is 1.23 bits per heavy atom. The molecule has 0 N–H and O–H groups in total. The van der Waals surface area contributed by atoms with Gasteiger partial charge in [-0.05, 0) is 49.1 Å². The second kappa shape index (κ2) is 8.67. The average Bonchev–Trinajstić information content (AvgIpc) is 3.38. The average molecular weight is 426 g/mol. The van der Waals surface area contributed by atoms with E-state index in [1.807, 2.05) is 24.0 Å². The second-order valence-corrected chi connectivity index (χ2v) is 9.36. The van der Waals surface area contributed by atoms with E-state index < -0.39 is 0 Å². The molecule has 2 aromatic heterocycles. The van der Waals surface area contributed by atoms with Gasteiger partial charge in [-0.25, -0.2) is 0 Å². The van der Waals surface area contributed by atoms with Gasteiger partial charge in [-0.15, -0.1) is 10.2 Å². The molecule has 0 bridgehead atoms. The first-order chi connectivity index (χ1) is 15.1. The van der Waals surface area contributed by atoms with Crippen LogP contribution in [-0.4, -0.2) is 76.8 Å². The van der Waals surface area contributed by atoms with Crippen LogP contribution in [0.2, 0.25) is 0 Å². The van der Waals surface area contributed by atoms with E-state index >= 15 is 0 Å². The Balaban J connectivity index is 1.31. The van der Waals surface area contributed by atoms with E-state index in [1.165, 1.54) is 0 Å². The fourth-order valence-electron chi connectivity index (χ4n) is 5.63. The standard InChI is InChI=1S/C23H31N5O3/c1-17-25-26-21(31-17)20-15-27(14-18-4-11-30-12-5-18)16-23(20)6-9-28(10-7-23)22(29)19-3-2-8-24-13-19/h2-3,8,13,18,20H,4-7,9-12,14-16H2,1H3. The molecule has 3 fully saturated rings. The monoisotopic (exact) mass is 425 g/mol. The van der Waals surface area contributed by atoms with Crippen molar-refractivity contribution in [2.75, 3.05) is 45.9 Å². The highest BCUT2D eigenvalue weighted by Crippen LogP contribution is 2.49. The molecule has 0 aliphatic carbocycles. The maximum Gasteiger partial charge on any atom is 0.255 e. The number of carbonyl (C=O) groups excluding carboxylic acids is 1. The minimum atomic E-state index is 0.0743. The van der Waals surface area contributed by atoms with Gasteiger partial charge >= 0.3 is 0 Å². The fraction of sp³-hybridized carbons (Fsp3) is 0.652. The third kappa shape index (κ3) is 4.23. The van der Waals surface area contributed by atoms with Crippen LogP contribution in [0.5, 0.6) is 0 Å². The molecular formula is C23H31N5O3. The van der Waals surface area contributed by atoms with Gasteiger partial charge in [-0.1, -0.05) is 0 Å². The molecule has 0 saturated carbocycles. The van der Waals surface area contributed by atoms with Crippen molar-refractivity contribution in [2.45, 2.75) is 38.5 Å². The summed E-state index contributed by atoms with van der Waals surface area (Å²) in [7, 11) is 0. The molecule has 1 spiro atoms. The Hall–Kier alpha value is -2.32. The van der Waals surface area contributed by atoms with Gasteiger partial charge < -0.3 is 19.0 Å². The van der Waals surface area contributed by atoms with Crippen LogP contribution in [0.1, 0.15) is 53.7 Å². The Bertz CT molecular complexity index is 888. The van der Waals surface area contributed by atoms with Crippen LogP contribution in [0, 0.1) is 18.3 Å². The van der Waals surface area contributed by atoms with Gasteiger partial charge in [0.25, 0.3) is 5.91 Å². The SMILES string of the molecule is Cc1nnc(C2CN(CC3CCOCC3)CC23CCN(C(=O)c2cccnc2)CC3)o1. The fourth-order valence-corrected chi connectivity index (χ4v) is 5.63. The number of rotatable bonds is 4. The number of carbonyl (C=O) groups is 1. The van der Waals surface area contributed by atoms with E-state index in [-0.39, 0.29) is 17.2 Å². The molecule has 8 nitrogen and oxygen atoms in total. The number of amides is 1. The molecule has 0 aromatic carbocycles. The molecule has 0 radical (unpaired) electrons. The molecule has 5 rings (SSSR count). The van der Waals surface area contributed by atoms with Crippen LogP contribution in [-0.2, 0) is 4.74 Å². The number of nitrogens with zero attached hydrogens (tertiary/aromatic N) is 5. The van der Waals surface area contributed by atoms with Crippen LogP contribution in [0.4, 0.5) is 0 Å². The van der Waals surface area contributed by atoms with Crippen LogP contribution < -0.4 is 0 Å². The predicted octanol–water partition coefficient (Wildman–Crippen LogP) is 2.52. The number of piperidine rings is 1. The summed E-state index contributed by atoms with van der Waals surface area (Å²) in [5.74, 6) is 2.38. The van der Waals surface area contributed by atoms with Gasteiger partial charge in [0.05, 0.1) is 11.5 Å². The number of likely N-dealkylation sites (tertiary alicyclic amines) is 2. The molecule has 1 amide bonds. The number of pyridine rings is 1. The molecule has 1 unspecified atom stereocenters. The van der Waals surface area contributed by atoms with E-state index in [4.69, 9.17) is 9.15 Å². The van der Waals surface area contributed by atoms with Crippen molar-refractivity contribution < 1.29 is 13.9 Å². The molecule has 3 aliphatic heterocycles. The zero-order valence-corrected chi connectivity index (χ0v) is 18.2. The Morgan fingerprint density at radius 2 is 2.03 bits per heavy atom. The summed E-state index contributed by atoms with van der Waals surface area (Å²) in [6.45, 7) is 8.20. The van der Waals surface area contributed by atoms with Crippen LogP contribution in [0.3, 0.4) is 0 Å². The van der Waals surface area contributed by atoms with E-state index in [0.717, 1.165) is 77.5 Å². The van der Waals surface area contributed by atoms with E-state index in [2.05, 4.69) is 20.1 Å². The van der Waals surface area contributed by atoms with Gasteiger partial charge in [-0.2, -0.15) is 0 Å². The van der Waals surface area contributed by atoms with Crippen LogP contribution >= 0.6 is 0 Å². The molecule has 31 heavy (non-hydrogen) atoms. The predicted molar refractivity (Wildman–Crippen MR) is 114 cm³/mol. The van der Waals surface area contributed by atoms with Crippen molar-refractivity contribution in [3.05, 3.63) is 41.9 Å². The van der Waals surface area contributed by atoms with Crippen LogP contribution in [0.15, 0.2) is 28.9 Å². The Kier molecular flexibility index (Phi) is 5.75. The summed E-state index contributed by atoms with van der Waals surface area (Å²) in [4.78, 5) is 21.6. The van der Waals surface area contributed by atoms with Crippen molar-refractivity contribution in [2.24, 2.45) is 11.3 Å². The molecule has 3 aliphatic rings. The van der Waals surface area contributed by atoms with E-state index in [1.54, 1.807) is 12.4 Å². The second-order valence-electron chi connectivity index (χ2n) is 9.36. The number of hydrogen-bond donors (Lipinski definition) is 0. The summed E-state index contributed by atoms with van der Waals surface area (Å²) in [5.41, 5.74) is 0.741. The highest BCUT2D eigenvalue weighted by Gasteiger charge is 2.51. The lowest BCUT2D eigenvalue weighted by Crippen LogP contribution is -2.46. The lowest BCUT2D eigenvalue weighted by Gasteiger charge is -2.42. The van der Waals surface area contributed by atoms with Crippen molar-refractivity contribution in [3.8, 4) is 0 Å². The van der Waals surface area contributed by atoms with Gasteiger partial charge in [0.15, 0.2) is 0 Å². The first kappa shape index (κ1) is 20.6. The topological polar surface area (TPSA) is 84.6 Å². The van der Waals surface area contributed by atoms with Crippen molar-refractivity contribution in [1.82, 2.24) is 25.0 Å². The van der Waals surface area contributed by atoms with E-state index in [0.29, 0.717) is 17.4 Å². The highest BCUT2D eigenvalue weighted by molar-refractivity contribution is 5.93. The lowest BCUT2D eigenvalue weighted by molar-refractivity contribution is 0.0474. The normalized spacial score (nSPS) is 24.7. The molecule has 166 valence electrons. The van der Waals surface area contributed by atoms with Crippen molar-refractivity contribution in [3.63, 3.8) is 0 Å². The molecular weight excluding hydrogens is 394 g/mol. The largest absolute Gasteiger partial charge is 0.425 e.